The zero-order chi connectivity index (χ0) is 44.3. The normalized spacial score (nSPS) is 19.6. The van der Waals surface area contributed by atoms with Crippen LogP contribution in [0.1, 0.15) is 85.3 Å². The molecule has 10 nitrogen and oxygen atoms in total. The molecule has 1 aromatic rings. The van der Waals surface area contributed by atoms with Gasteiger partial charge in [-0.05, 0) is 30.2 Å². The summed E-state index contributed by atoms with van der Waals surface area (Å²) in [7, 11) is 33.2. The summed E-state index contributed by atoms with van der Waals surface area (Å²) >= 11 is 0. The summed E-state index contributed by atoms with van der Waals surface area (Å²) in [6, 6.07) is 5.43. The number of ether oxygens (including phenoxy) is 1. The number of aliphatic hydroxyl groups is 3. The smallest absolute Gasteiger partial charge is 0.333 e. The molecule has 0 saturated heterocycles. The SMILES string of the molecule is C.C.CC1(C(O)C(=O)O)CC(F)(F)C1.CC1(C(O)C(N)=O)CC(F)(F)C1.COc1ccc(CNC(=O)C(O)C2(C)CC(F)(F)C2)c(C)c1.Cl.[B][B]B([B])B([B])[B].[B][B][B]. The number of carbonyl (C=O) groups excluding carboxylic acids is 2. The van der Waals surface area contributed by atoms with Gasteiger partial charge in [-0.1, -0.05) is 41.7 Å². The van der Waals surface area contributed by atoms with Crippen molar-refractivity contribution in [3.63, 3.8) is 0 Å². The number of rotatable bonds is 11. The third kappa shape index (κ3) is 20.0. The number of nitrogens with one attached hydrogen (secondary N) is 1. The molecule has 14 radical (unpaired) electrons. The molecule has 3 aliphatic rings. The molecule has 0 spiro atoms. The molecule has 1 aromatic carbocycles. The van der Waals surface area contributed by atoms with Gasteiger partial charge in [0.15, 0.2) is 6.10 Å². The van der Waals surface area contributed by atoms with Crippen LogP contribution in [0.4, 0.5) is 26.3 Å². The van der Waals surface area contributed by atoms with Crippen molar-refractivity contribution in [1.29, 1.82) is 0 Å². The summed E-state index contributed by atoms with van der Waals surface area (Å²) < 4.78 is 80.6. The van der Waals surface area contributed by atoms with Gasteiger partial charge in [0.1, 0.15) is 18.0 Å². The highest BCUT2D eigenvalue weighted by Gasteiger charge is 2.60. The second-order valence-electron chi connectivity index (χ2n) is 15.1. The van der Waals surface area contributed by atoms with Crippen LogP contribution in [-0.4, -0.2) is 155 Å². The van der Waals surface area contributed by atoms with Gasteiger partial charge in [0, 0.05) is 135 Å². The van der Waals surface area contributed by atoms with E-state index in [1.165, 1.54) is 27.8 Å². The molecule has 59 heavy (non-hydrogen) atoms. The largest absolute Gasteiger partial charge is 0.497 e. The average Bonchev–Trinajstić information content (AvgIpc) is 3.04. The molecule has 7 N–H and O–H groups in total. The predicted octanol–water partition coefficient (Wildman–Crippen LogP) is 1.44. The minimum Gasteiger partial charge on any atom is -0.497 e. The molecule has 4 rings (SSSR count). The molecule has 0 bridgehead atoms. The number of aryl methyl sites for hydroxylation is 1. The first-order valence-corrected chi connectivity index (χ1v) is 17.0. The molecule has 2 amide bonds. The standard InChI is InChI=1S/C16H21F2NO3.C7H11F2NO2.C7H10F2O3.2CH4.B7.B3.ClH/c1-10-6-12(22-3)5-4-11(10)7-19-14(21)13(20)15(2)8-16(17,18)9-15;1-6(4(11)5(10)12)2-7(8,9)3-6;1-6(4(10)5(11)12)2-7(8,9)3-6;;;1-5-7(4)6(2)3;1-3-2;/h4-6,13,20H,7-9H2,1-3H3,(H,19,21);4,11H,2-3H2,1H3,(H2,10,12);4,10H,2-3H2,1H3,(H,11,12);2*1H4;;;1H. The number of methoxy groups -OCH3 is 1. The van der Waals surface area contributed by atoms with Crippen molar-refractivity contribution >= 4 is 104 Å². The molecule has 0 aromatic heterocycles. The van der Waals surface area contributed by atoms with Crippen molar-refractivity contribution in [1.82, 2.24) is 5.32 Å². The Morgan fingerprint density at radius 1 is 0.814 bits per heavy atom. The molecule has 3 fully saturated rings. The summed E-state index contributed by atoms with van der Waals surface area (Å²) in [5, 5.41) is 39.1. The fraction of sp³-hybridized carbons (Fsp3) is 0.719. The van der Waals surface area contributed by atoms with E-state index in [9.17, 15) is 45.8 Å². The molecular formula is C32H51B10ClF6N2O8. The lowest BCUT2D eigenvalue weighted by Crippen LogP contribution is -2.56. The molecule has 0 aliphatic heterocycles. The fourth-order valence-electron chi connectivity index (χ4n) is 6.33. The highest BCUT2D eigenvalue weighted by molar-refractivity contribution is 7.81. The fourth-order valence-corrected chi connectivity index (χ4v) is 6.33. The number of carbonyl (C=O) groups is 3. The second-order valence-corrected chi connectivity index (χ2v) is 15.1. The Morgan fingerprint density at radius 3 is 1.42 bits per heavy atom. The highest BCUT2D eigenvalue weighted by atomic mass is 35.5. The summed E-state index contributed by atoms with van der Waals surface area (Å²) in [4.78, 5) is 32.7. The molecule has 0 heterocycles. The van der Waals surface area contributed by atoms with Crippen LogP contribution in [0.5, 0.6) is 5.75 Å². The third-order valence-electron chi connectivity index (χ3n) is 9.38. The molecule has 3 aliphatic carbocycles. The number of carboxylic acids is 1. The number of hydrogen-bond donors (Lipinski definition) is 6. The van der Waals surface area contributed by atoms with Crippen molar-refractivity contribution < 1.29 is 65.9 Å². The monoisotopic (exact) mass is 850 g/mol. The Hall–Kier alpha value is -2.17. The number of carboxylic acid groups (broad SMARTS) is 1. The molecule has 316 valence electrons. The van der Waals surface area contributed by atoms with Gasteiger partial charge < -0.3 is 36.2 Å². The first-order valence-electron chi connectivity index (χ1n) is 17.0. The minimum absolute atomic E-state index is 0. The number of aliphatic carboxylic acids is 1. The molecule has 27 heteroatoms. The summed E-state index contributed by atoms with van der Waals surface area (Å²) in [5.41, 5.74) is 3.36. The van der Waals surface area contributed by atoms with Crippen molar-refractivity contribution in [2.75, 3.05) is 7.11 Å². The van der Waals surface area contributed by atoms with Gasteiger partial charge in [-0.3, -0.25) is 9.59 Å². The Balaban J connectivity index is -0.000000353. The molecule has 3 saturated carbocycles. The van der Waals surface area contributed by atoms with Gasteiger partial charge in [-0.2, -0.15) is 0 Å². The summed E-state index contributed by atoms with van der Waals surface area (Å²) in [5.74, 6) is -10.6. The predicted molar refractivity (Wildman–Crippen MR) is 230 cm³/mol. The average molecular weight is 849 g/mol. The molecule has 3 atom stereocenters. The number of primary amides is 1. The Bertz CT molecular complexity index is 1400. The maximum atomic E-state index is 13.0. The maximum Gasteiger partial charge on any atom is 0.333 e. The van der Waals surface area contributed by atoms with E-state index in [1.807, 2.05) is 19.1 Å². The third-order valence-corrected chi connectivity index (χ3v) is 9.38. The van der Waals surface area contributed by atoms with Crippen molar-refractivity contribution in [3.8, 4) is 5.75 Å². The highest BCUT2D eigenvalue weighted by Crippen LogP contribution is 2.55. The Kier molecular flexibility index (Phi) is 27.6. The minimum atomic E-state index is -2.80. The number of hydrogen-bond acceptors (Lipinski definition) is 7. The molecule has 3 unspecified atom stereocenters. The summed E-state index contributed by atoms with van der Waals surface area (Å²) in [6.07, 6.45) is -8.45. The maximum absolute atomic E-state index is 13.0. The lowest BCUT2D eigenvalue weighted by atomic mass is 8.76. The Morgan fingerprint density at radius 2 is 1.17 bits per heavy atom. The van der Waals surface area contributed by atoms with E-state index in [4.69, 9.17) is 56.7 Å². The van der Waals surface area contributed by atoms with Crippen LogP contribution in [-0.2, 0) is 20.9 Å². The van der Waals surface area contributed by atoms with E-state index in [1.54, 1.807) is 13.2 Å². The number of aliphatic hydroxyl groups excluding tert-OH is 3. The van der Waals surface area contributed by atoms with Crippen LogP contribution in [0.15, 0.2) is 18.2 Å². The number of benzene rings is 1. The van der Waals surface area contributed by atoms with Gasteiger partial charge in [0.05, 0.1) is 7.11 Å². The van der Waals surface area contributed by atoms with Crippen molar-refractivity contribution in [2.45, 2.75) is 124 Å². The molecular weight excluding hydrogens is 798 g/mol. The first kappa shape index (κ1) is 63.5. The van der Waals surface area contributed by atoms with E-state index in [0.717, 1.165) is 23.9 Å². The topological polar surface area (TPSA) is 179 Å². The zero-order valence-electron chi connectivity index (χ0n) is 32.4. The van der Waals surface area contributed by atoms with E-state index < -0.39 is 115 Å². The van der Waals surface area contributed by atoms with Crippen LogP contribution in [0.2, 0.25) is 0 Å². The van der Waals surface area contributed by atoms with Crippen LogP contribution in [0.3, 0.4) is 0 Å². The number of amides is 2. The van der Waals surface area contributed by atoms with E-state index in [0.29, 0.717) is 0 Å². The van der Waals surface area contributed by atoms with E-state index in [-0.39, 0.29) is 40.2 Å². The summed E-state index contributed by atoms with van der Waals surface area (Å²) in [6.45, 7) is 6.41. The number of nitrogens with two attached hydrogens (primary N) is 1. The van der Waals surface area contributed by atoms with Gasteiger partial charge in [-0.25, -0.2) is 31.1 Å². The number of halogens is 7. The zero-order valence-corrected chi connectivity index (χ0v) is 33.2. The van der Waals surface area contributed by atoms with Gasteiger partial charge in [0.2, 0.25) is 29.6 Å². The van der Waals surface area contributed by atoms with Gasteiger partial charge in [0.25, 0.3) is 0 Å². The second kappa shape index (κ2) is 25.7. The quantitative estimate of drug-likeness (QED) is 0.143. The van der Waals surface area contributed by atoms with Crippen LogP contribution >= 0.6 is 12.4 Å². The van der Waals surface area contributed by atoms with Crippen molar-refractivity contribution in [2.24, 2.45) is 22.0 Å². The Labute approximate surface area is 361 Å². The van der Waals surface area contributed by atoms with Crippen molar-refractivity contribution in [3.05, 3.63) is 29.3 Å². The van der Waals surface area contributed by atoms with Crippen LogP contribution < -0.4 is 15.8 Å². The van der Waals surface area contributed by atoms with E-state index in [2.05, 4.69) is 20.8 Å². The lowest BCUT2D eigenvalue weighted by Gasteiger charge is -2.46. The van der Waals surface area contributed by atoms with Crippen LogP contribution in [0.25, 0.3) is 0 Å². The van der Waals surface area contributed by atoms with E-state index >= 15 is 0 Å². The van der Waals surface area contributed by atoms with Gasteiger partial charge in [-0.15, -0.1) is 12.4 Å². The lowest BCUT2D eigenvalue weighted by molar-refractivity contribution is -0.202. The van der Waals surface area contributed by atoms with Gasteiger partial charge >= 0.3 is 5.97 Å². The van der Waals surface area contributed by atoms with Crippen LogP contribution in [0, 0.1) is 23.2 Å². The number of alkyl halides is 6. The first-order chi connectivity index (χ1) is 25.3.